The first-order valence-corrected chi connectivity index (χ1v) is 5.51. The maximum absolute atomic E-state index is 5.64. The number of pyridine rings is 1. The van der Waals surface area contributed by atoms with Crippen molar-refractivity contribution >= 4 is 10.9 Å². The van der Waals surface area contributed by atoms with Crippen LogP contribution in [-0.4, -0.2) is 9.97 Å². The molecular weight excluding hydrogens is 212 g/mol. The third-order valence-electron chi connectivity index (χ3n) is 2.66. The highest BCUT2D eigenvalue weighted by molar-refractivity contribution is 5.79. The van der Waals surface area contributed by atoms with Crippen LogP contribution in [0.3, 0.4) is 0 Å². The lowest BCUT2D eigenvalue weighted by molar-refractivity contribution is 0.305. The van der Waals surface area contributed by atoms with E-state index in [0.717, 1.165) is 16.8 Å². The van der Waals surface area contributed by atoms with Gasteiger partial charge in [-0.2, -0.15) is 0 Å². The normalized spacial score (nSPS) is 10.6. The molecule has 0 fully saturated rings. The highest BCUT2D eigenvalue weighted by atomic mass is 16.5. The molecule has 84 valence electrons. The van der Waals surface area contributed by atoms with Crippen LogP contribution in [0.1, 0.15) is 5.56 Å². The van der Waals surface area contributed by atoms with Crippen LogP contribution in [0.5, 0.6) is 5.75 Å². The molecule has 2 heterocycles. The Hall–Kier alpha value is -2.29. The number of H-pyrrole nitrogens is 1. The zero-order valence-electron chi connectivity index (χ0n) is 9.26. The van der Waals surface area contributed by atoms with E-state index in [1.54, 1.807) is 12.4 Å². The standard InChI is InChI=1S/C14H12N2O/c1-2-13(9-15-6-1)17-10-11-3-4-12-5-7-16-14(12)8-11/h1-9,16H,10H2. The van der Waals surface area contributed by atoms with E-state index >= 15 is 0 Å². The number of benzene rings is 1. The molecule has 0 amide bonds. The molecule has 3 aromatic rings. The van der Waals surface area contributed by atoms with Crippen LogP contribution in [0, 0.1) is 0 Å². The largest absolute Gasteiger partial charge is 0.487 e. The monoisotopic (exact) mass is 224 g/mol. The maximum Gasteiger partial charge on any atom is 0.138 e. The third kappa shape index (κ3) is 2.13. The molecule has 0 atom stereocenters. The number of ether oxygens (including phenoxy) is 1. The molecule has 2 aromatic heterocycles. The fraction of sp³-hybridized carbons (Fsp3) is 0.0714. The van der Waals surface area contributed by atoms with Crippen LogP contribution < -0.4 is 4.74 Å². The van der Waals surface area contributed by atoms with E-state index in [9.17, 15) is 0 Å². The number of nitrogens with one attached hydrogen (secondary N) is 1. The third-order valence-corrected chi connectivity index (χ3v) is 2.66. The summed E-state index contributed by atoms with van der Waals surface area (Å²) in [5.41, 5.74) is 2.28. The Bertz CT molecular complexity index is 616. The Morgan fingerprint density at radius 2 is 2.18 bits per heavy atom. The van der Waals surface area contributed by atoms with Gasteiger partial charge in [-0.25, -0.2) is 0 Å². The molecular formula is C14H12N2O. The Morgan fingerprint density at radius 1 is 1.18 bits per heavy atom. The maximum atomic E-state index is 5.64. The minimum Gasteiger partial charge on any atom is -0.487 e. The predicted molar refractivity (Wildman–Crippen MR) is 66.9 cm³/mol. The first kappa shape index (κ1) is 9.90. The first-order chi connectivity index (χ1) is 8.42. The fourth-order valence-electron chi connectivity index (χ4n) is 1.78. The molecule has 0 spiro atoms. The van der Waals surface area contributed by atoms with Gasteiger partial charge >= 0.3 is 0 Å². The van der Waals surface area contributed by atoms with Gasteiger partial charge in [0, 0.05) is 17.9 Å². The second-order valence-corrected chi connectivity index (χ2v) is 3.88. The van der Waals surface area contributed by atoms with E-state index in [1.807, 2.05) is 18.3 Å². The summed E-state index contributed by atoms with van der Waals surface area (Å²) < 4.78 is 5.64. The molecule has 1 N–H and O–H groups in total. The number of hydrogen-bond donors (Lipinski definition) is 1. The van der Waals surface area contributed by atoms with E-state index in [2.05, 4.69) is 34.2 Å². The van der Waals surface area contributed by atoms with Crippen LogP contribution in [0.15, 0.2) is 55.0 Å². The second-order valence-electron chi connectivity index (χ2n) is 3.88. The lowest BCUT2D eigenvalue weighted by atomic mass is 10.2. The smallest absolute Gasteiger partial charge is 0.138 e. The molecule has 0 saturated heterocycles. The molecule has 0 bridgehead atoms. The van der Waals surface area contributed by atoms with Crippen LogP contribution in [0.4, 0.5) is 0 Å². The summed E-state index contributed by atoms with van der Waals surface area (Å²) in [7, 11) is 0. The van der Waals surface area contributed by atoms with E-state index in [1.165, 1.54) is 5.39 Å². The van der Waals surface area contributed by atoms with Gasteiger partial charge < -0.3 is 9.72 Å². The van der Waals surface area contributed by atoms with Crippen LogP contribution in [0.2, 0.25) is 0 Å². The zero-order valence-corrected chi connectivity index (χ0v) is 9.26. The van der Waals surface area contributed by atoms with Gasteiger partial charge in [-0.1, -0.05) is 12.1 Å². The Kier molecular flexibility index (Phi) is 2.50. The van der Waals surface area contributed by atoms with Gasteiger partial charge in [-0.3, -0.25) is 4.98 Å². The van der Waals surface area contributed by atoms with Gasteiger partial charge in [0.1, 0.15) is 12.4 Å². The fourth-order valence-corrected chi connectivity index (χ4v) is 1.78. The number of aromatic amines is 1. The summed E-state index contributed by atoms with van der Waals surface area (Å²) in [4.78, 5) is 7.20. The average molecular weight is 224 g/mol. The van der Waals surface area contributed by atoms with Crippen molar-refractivity contribution in [1.29, 1.82) is 0 Å². The molecule has 0 aliphatic carbocycles. The van der Waals surface area contributed by atoms with Gasteiger partial charge in [-0.05, 0) is 35.2 Å². The van der Waals surface area contributed by atoms with Crippen LogP contribution >= 0.6 is 0 Å². The molecule has 0 unspecified atom stereocenters. The van der Waals surface area contributed by atoms with Crippen molar-refractivity contribution in [3.63, 3.8) is 0 Å². The first-order valence-electron chi connectivity index (χ1n) is 5.51. The number of fused-ring (bicyclic) bond motifs is 1. The number of hydrogen-bond acceptors (Lipinski definition) is 2. The predicted octanol–water partition coefficient (Wildman–Crippen LogP) is 3.14. The lowest BCUT2D eigenvalue weighted by Gasteiger charge is -2.05. The van der Waals surface area contributed by atoms with E-state index in [4.69, 9.17) is 4.74 Å². The van der Waals surface area contributed by atoms with Crippen molar-refractivity contribution in [2.24, 2.45) is 0 Å². The van der Waals surface area contributed by atoms with Gasteiger partial charge in [0.15, 0.2) is 0 Å². The van der Waals surface area contributed by atoms with Crippen molar-refractivity contribution in [3.05, 3.63) is 60.6 Å². The summed E-state index contributed by atoms with van der Waals surface area (Å²) in [6.07, 6.45) is 5.39. The zero-order chi connectivity index (χ0) is 11.5. The van der Waals surface area contributed by atoms with Crippen molar-refractivity contribution in [1.82, 2.24) is 9.97 Å². The Balaban J connectivity index is 1.76. The summed E-state index contributed by atoms with van der Waals surface area (Å²) >= 11 is 0. The highest BCUT2D eigenvalue weighted by Crippen LogP contribution is 2.16. The average Bonchev–Trinajstić information content (AvgIpc) is 2.85. The van der Waals surface area contributed by atoms with Crippen molar-refractivity contribution in [2.75, 3.05) is 0 Å². The topological polar surface area (TPSA) is 37.9 Å². The van der Waals surface area contributed by atoms with Crippen molar-refractivity contribution in [3.8, 4) is 5.75 Å². The van der Waals surface area contributed by atoms with Gasteiger partial charge in [0.25, 0.3) is 0 Å². The van der Waals surface area contributed by atoms with E-state index in [0.29, 0.717) is 6.61 Å². The lowest BCUT2D eigenvalue weighted by Crippen LogP contribution is -1.95. The second kappa shape index (κ2) is 4.29. The SMILES string of the molecule is c1cncc(OCc2ccc3cc[nH]c3c2)c1. The van der Waals surface area contributed by atoms with Crippen molar-refractivity contribution < 1.29 is 4.74 Å². The minimum atomic E-state index is 0.556. The van der Waals surface area contributed by atoms with Crippen LogP contribution in [0.25, 0.3) is 10.9 Å². The van der Waals surface area contributed by atoms with E-state index in [-0.39, 0.29) is 0 Å². The van der Waals surface area contributed by atoms with Crippen LogP contribution in [-0.2, 0) is 6.61 Å². The molecule has 3 nitrogen and oxygen atoms in total. The molecule has 17 heavy (non-hydrogen) atoms. The van der Waals surface area contributed by atoms with Gasteiger partial charge in [0.05, 0.1) is 6.20 Å². The summed E-state index contributed by atoms with van der Waals surface area (Å²) in [6.45, 7) is 0.556. The number of nitrogens with zero attached hydrogens (tertiary/aromatic N) is 1. The summed E-state index contributed by atoms with van der Waals surface area (Å²) in [5.74, 6) is 0.791. The Morgan fingerprint density at radius 3 is 3.06 bits per heavy atom. The highest BCUT2D eigenvalue weighted by Gasteiger charge is 1.98. The van der Waals surface area contributed by atoms with Crippen molar-refractivity contribution in [2.45, 2.75) is 6.61 Å². The molecule has 0 radical (unpaired) electrons. The molecule has 0 aliphatic rings. The summed E-state index contributed by atoms with van der Waals surface area (Å²) in [5, 5.41) is 1.22. The number of rotatable bonds is 3. The van der Waals surface area contributed by atoms with Gasteiger partial charge in [-0.15, -0.1) is 0 Å². The molecule has 1 aromatic carbocycles. The minimum absolute atomic E-state index is 0.556. The van der Waals surface area contributed by atoms with E-state index < -0.39 is 0 Å². The quantitative estimate of drug-likeness (QED) is 0.742. The molecule has 3 rings (SSSR count). The number of aromatic nitrogens is 2. The Labute approximate surface area is 99.1 Å². The summed E-state index contributed by atoms with van der Waals surface area (Å²) in [6, 6.07) is 12.1. The molecule has 3 heteroatoms. The van der Waals surface area contributed by atoms with Gasteiger partial charge in [0.2, 0.25) is 0 Å². The molecule has 0 aliphatic heterocycles. The molecule has 0 saturated carbocycles.